The number of imidazole rings is 1. The number of fused-ring (bicyclic) bond motifs is 1. The van der Waals surface area contributed by atoms with Crippen molar-refractivity contribution >= 4 is 45.8 Å². The van der Waals surface area contributed by atoms with Gasteiger partial charge in [-0.3, -0.25) is 9.78 Å². The molecule has 32 heavy (non-hydrogen) atoms. The number of anilines is 1. The first-order chi connectivity index (χ1) is 15.5. The van der Waals surface area contributed by atoms with Crippen LogP contribution in [0.2, 0.25) is 10.0 Å². The van der Waals surface area contributed by atoms with Gasteiger partial charge in [0.25, 0.3) is 5.91 Å². The molecule has 4 rings (SSSR count). The summed E-state index contributed by atoms with van der Waals surface area (Å²) >= 11 is 12.3. The summed E-state index contributed by atoms with van der Waals surface area (Å²) in [4.78, 5) is 25.3. The van der Waals surface area contributed by atoms with Gasteiger partial charge in [0.1, 0.15) is 17.1 Å². The maximum Gasteiger partial charge on any atom is 0.257 e. The molecule has 0 aliphatic rings. The van der Waals surface area contributed by atoms with Crippen molar-refractivity contribution in [2.45, 2.75) is 25.7 Å². The van der Waals surface area contributed by atoms with Crippen LogP contribution in [0.5, 0.6) is 5.75 Å². The Morgan fingerprint density at radius 2 is 1.84 bits per heavy atom. The molecule has 8 heteroatoms. The van der Waals surface area contributed by atoms with Gasteiger partial charge in [-0.2, -0.15) is 0 Å². The number of methoxy groups -OCH3 is 1. The lowest BCUT2D eigenvalue weighted by molar-refractivity contribution is 0.102. The highest BCUT2D eigenvalue weighted by Crippen LogP contribution is 2.34. The number of amides is 1. The van der Waals surface area contributed by atoms with Crippen molar-refractivity contribution in [1.82, 2.24) is 15.0 Å². The first-order valence-electron chi connectivity index (χ1n) is 10.2. The average molecular weight is 469 g/mol. The van der Waals surface area contributed by atoms with Crippen LogP contribution < -0.4 is 10.1 Å². The van der Waals surface area contributed by atoms with Gasteiger partial charge >= 0.3 is 0 Å². The number of nitrogens with one attached hydrogen (secondary N) is 2. The van der Waals surface area contributed by atoms with E-state index in [1.54, 1.807) is 19.2 Å². The average Bonchev–Trinajstić information content (AvgIpc) is 3.24. The molecule has 164 valence electrons. The maximum atomic E-state index is 13.2. The highest BCUT2D eigenvalue weighted by atomic mass is 35.5. The Kier molecular flexibility index (Phi) is 6.63. The number of pyridine rings is 1. The number of halogens is 2. The summed E-state index contributed by atoms with van der Waals surface area (Å²) in [6, 6.07) is 13.6. The second-order valence-electron chi connectivity index (χ2n) is 7.35. The molecule has 2 aromatic carbocycles. The van der Waals surface area contributed by atoms with Crippen LogP contribution >= 0.6 is 23.2 Å². The molecule has 6 nitrogen and oxygen atoms in total. The second-order valence-corrected chi connectivity index (χ2v) is 8.16. The Bertz CT molecular complexity index is 1240. The fourth-order valence-electron chi connectivity index (χ4n) is 3.75. The molecule has 2 aromatic heterocycles. The Morgan fingerprint density at radius 3 is 2.50 bits per heavy atom. The first kappa shape index (κ1) is 22.1. The molecule has 0 radical (unpaired) electrons. The number of carbonyl (C=O) groups excluding carboxylic acids is 1. The monoisotopic (exact) mass is 468 g/mol. The number of aromatic amines is 1. The van der Waals surface area contributed by atoms with Gasteiger partial charge in [0.15, 0.2) is 0 Å². The van der Waals surface area contributed by atoms with Gasteiger partial charge in [-0.1, -0.05) is 66.9 Å². The number of carbonyl (C=O) groups is 1. The van der Waals surface area contributed by atoms with Crippen molar-refractivity contribution in [2.75, 3.05) is 12.4 Å². The minimum absolute atomic E-state index is 0.0679. The largest absolute Gasteiger partial charge is 0.494 e. The normalized spacial score (nSPS) is 12.0. The standard InChI is InChI=1S/C24H22Cl2N4O2/c1-3-7-15(14-8-5-4-6-9-14)23-28-20-16(10-11-19(32-2)22(20)29-23)24(31)30-21-17(25)12-27-13-18(21)26/h4-6,8-13,15H,3,7H2,1-2H3,(H,28,29)(H,27,30,31)/t15-/m1/s1. The zero-order valence-electron chi connectivity index (χ0n) is 17.7. The summed E-state index contributed by atoms with van der Waals surface area (Å²) in [7, 11) is 1.58. The number of hydrogen-bond acceptors (Lipinski definition) is 4. The van der Waals surface area contributed by atoms with Crippen LogP contribution in [0.1, 0.15) is 47.4 Å². The van der Waals surface area contributed by atoms with Crippen LogP contribution in [0.3, 0.4) is 0 Å². The van der Waals surface area contributed by atoms with Crippen molar-refractivity contribution in [1.29, 1.82) is 0 Å². The lowest BCUT2D eigenvalue weighted by Gasteiger charge is -2.14. The number of rotatable bonds is 7. The fraction of sp³-hybridized carbons (Fsp3) is 0.208. The van der Waals surface area contributed by atoms with Crippen molar-refractivity contribution in [3.8, 4) is 5.75 Å². The smallest absolute Gasteiger partial charge is 0.257 e. The molecule has 0 aliphatic carbocycles. The third-order valence-corrected chi connectivity index (χ3v) is 5.87. The molecule has 0 spiro atoms. The third-order valence-electron chi connectivity index (χ3n) is 5.29. The molecule has 0 unspecified atom stereocenters. The Hall–Kier alpha value is -3.09. The number of aromatic nitrogens is 3. The van der Waals surface area contributed by atoms with Gasteiger partial charge in [-0.25, -0.2) is 4.98 Å². The summed E-state index contributed by atoms with van der Waals surface area (Å²) < 4.78 is 5.51. The number of ether oxygens (including phenoxy) is 1. The van der Waals surface area contributed by atoms with Crippen molar-refractivity contribution in [2.24, 2.45) is 0 Å². The van der Waals surface area contributed by atoms with Crippen LogP contribution in [0.4, 0.5) is 5.69 Å². The number of H-pyrrole nitrogens is 1. The molecule has 0 bridgehead atoms. The lowest BCUT2D eigenvalue weighted by atomic mass is 9.94. The van der Waals surface area contributed by atoms with E-state index in [-0.39, 0.29) is 21.9 Å². The summed E-state index contributed by atoms with van der Waals surface area (Å²) in [5.74, 6) is 1.07. The van der Waals surface area contributed by atoms with E-state index in [1.807, 2.05) is 18.2 Å². The van der Waals surface area contributed by atoms with E-state index >= 15 is 0 Å². The Labute approximate surface area is 195 Å². The Morgan fingerprint density at radius 1 is 1.12 bits per heavy atom. The third kappa shape index (κ3) is 4.29. The zero-order valence-corrected chi connectivity index (χ0v) is 19.2. The first-order valence-corrected chi connectivity index (χ1v) is 11.0. The predicted octanol–water partition coefficient (Wildman–Crippen LogP) is 6.46. The van der Waals surface area contributed by atoms with Crippen LogP contribution in [0.25, 0.3) is 11.0 Å². The summed E-state index contributed by atoms with van der Waals surface area (Å²) in [5.41, 5.74) is 3.07. The van der Waals surface area contributed by atoms with Crippen LogP contribution in [-0.4, -0.2) is 28.0 Å². The molecule has 0 fully saturated rings. The number of benzene rings is 2. The number of hydrogen-bond donors (Lipinski definition) is 2. The maximum absolute atomic E-state index is 13.2. The second kappa shape index (κ2) is 9.59. The fourth-order valence-corrected chi connectivity index (χ4v) is 4.21. The molecule has 2 N–H and O–H groups in total. The van der Waals surface area contributed by atoms with Gasteiger partial charge < -0.3 is 15.0 Å². The van der Waals surface area contributed by atoms with E-state index < -0.39 is 0 Å². The lowest BCUT2D eigenvalue weighted by Crippen LogP contribution is -2.13. The van der Waals surface area contributed by atoms with Gasteiger partial charge in [-0.05, 0) is 24.1 Å². The topological polar surface area (TPSA) is 79.9 Å². The quantitative estimate of drug-likeness (QED) is 0.326. The SMILES string of the molecule is CCC[C@H](c1ccccc1)c1nc2c(OC)ccc(C(=O)Nc3c(Cl)cncc3Cl)c2[nH]1. The molecular formula is C24H22Cl2N4O2. The van der Waals surface area contributed by atoms with E-state index in [1.165, 1.54) is 12.4 Å². The summed E-state index contributed by atoms with van der Waals surface area (Å²) in [6.45, 7) is 2.14. The highest BCUT2D eigenvalue weighted by Gasteiger charge is 2.23. The van der Waals surface area contributed by atoms with E-state index in [0.29, 0.717) is 28.0 Å². The predicted molar refractivity (Wildman–Crippen MR) is 128 cm³/mol. The van der Waals surface area contributed by atoms with Crippen molar-refractivity contribution in [3.05, 3.63) is 81.9 Å². The molecule has 2 heterocycles. The summed E-state index contributed by atoms with van der Waals surface area (Å²) in [5, 5.41) is 3.30. The van der Waals surface area contributed by atoms with Crippen molar-refractivity contribution < 1.29 is 9.53 Å². The van der Waals surface area contributed by atoms with Crippen LogP contribution in [0, 0.1) is 0 Å². The highest BCUT2D eigenvalue weighted by molar-refractivity contribution is 6.39. The van der Waals surface area contributed by atoms with E-state index in [4.69, 9.17) is 32.9 Å². The zero-order chi connectivity index (χ0) is 22.7. The molecule has 0 saturated heterocycles. The van der Waals surface area contributed by atoms with E-state index in [2.05, 4.69) is 34.3 Å². The molecule has 0 saturated carbocycles. The van der Waals surface area contributed by atoms with Gasteiger partial charge in [0.05, 0.1) is 33.9 Å². The molecule has 1 amide bonds. The molecule has 0 aliphatic heterocycles. The van der Waals surface area contributed by atoms with Crippen molar-refractivity contribution in [3.63, 3.8) is 0 Å². The van der Waals surface area contributed by atoms with E-state index in [0.717, 1.165) is 24.2 Å². The molecule has 1 atom stereocenters. The number of nitrogens with zero attached hydrogens (tertiary/aromatic N) is 2. The van der Waals surface area contributed by atoms with E-state index in [9.17, 15) is 4.79 Å². The Balaban J connectivity index is 1.79. The van der Waals surface area contributed by atoms with Gasteiger partial charge in [0, 0.05) is 18.3 Å². The molecular weight excluding hydrogens is 447 g/mol. The van der Waals surface area contributed by atoms with Crippen LogP contribution in [0.15, 0.2) is 54.9 Å². The van der Waals surface area contributed by atoms with Gasteiger partial charge in [0.2, 0.25) is 0 Å². The van der Waals surface area contributed by atoms with Gasteiger partial charge in [-0.15, -0.1) is 0 Å². The minimum Gasteiger partial charge on any atom is -0.494 e. The molecule has 4 aromatic rings. The van der Waals surface area contributed by atoms with Crippen LogP contribution in [-0.2, 0) is 0 Å². The summed E-state index contributed by atoms with van der Waals surface area (Å²) in [6.07, 6.45) is 4.75. The minimum atomic E-state index is -0.366.